The number of rotatable bonds is 4. The van der Waals surface area contributed by atoms with Crippen molar-refractivity contribution in [1.82, 2.24) is 4.98 Å². The second-order valence-corrected chi connectivity index (χ2v) is 7.59. The van der Waals surface area contributed by atoms with Crippen molar-refractivity contribution in [3.63, 3.8) is 0 Å². The van der Waals surface area contributed by atoms with E-state index in [1.165, 1.54) is 17.6 Å². The van der Waals surface area contributed by atoms with Gasteiger partial charge in [0.15, 0.2) is 0 Å². The van der Waals surface area contributed by atoms with Gasteiger partial charge in [0.05, 0.1) is 5.52 Å². The molecule has 1 heterocycles. The van der Waals surface area contributed by atoms with Gasteiger partial charge in [0.1, 0.15) is 0 Å². The summed E-state index contributed by atoms with van der Waals surface area (Å²) in [6.45, 7) is 0.286. The summed E-state index contributed by atoms with van der Waals surface area (Å²) in [7, 11) is 0. The molecular formula is C40H103ClN2O. The molecule has 3 N–H and O–H groups in total. The lowest BCUT2D eigenvalue weighted by atomic mass is 9.70. The van der Waals surface area contributed by atoms with Crippen molar-refractivity contribution in [1.29, 1.82) is 0 Å². The highest BCUT2D eigenvalue weighted by Crippen LogP contribution is 2.47. The summed E-state index contributed by atoms with van der Waals surface area (Å²) in [6, 6.07) is 5.79. The van der Waals surface area contributed by atoms with Gasteiger partial charge in [0.2, 0.25) is 0 Å². The third-order valence-corrected chi connectivity index (χ3v) is 5.68. The lowest BCUT2D eigenvalue weighted by Crippen LogP contribution is -2.24. The first-order valence-electron chi connectivity index (χ1n) is 8.83. The maximum absolute atomic E-state index is 8.99. The second kappa shape index (κ2) is 48.3. The predicted molar refractivity (Wildman–Crippen MR) is 234 cm³/mol. The summed E-state index contributed by atoms with van der Waals surface area (Å²) in [6.07, 6.45) is 8.75. The van der Waals surface area contributed by atoms with Crippen LogP contribution in [0.5, 0.6) is 0 Å². The van der Waals surface area contributed by atoms with Gasteiger partial charge in [-0.2, -0.15) is 0 Å². The fraction of sp³-hybridized carbons (Fsp3) is 0.725. The zero-order chi connectivity index (χ0) is 16.7. The maximum Gasteiger partial charge on any atom is 0.0741 e. The van der Waals surface area contributed by atoms with E-state index in [4.69, 9.17) is 27.4 Å². The Morgan fingerprint density at radius 1 is 0.705 bits per heavy atom. The SMILES string of the molecule is C.C.C.C.C.C.C.C.C.C.C.C.C.C.C.C.C.C.C.C.Nc1c2c(nc3cc(Cl)ccc13)CC1C=C(CCCCO)CC2C1. The molecule has 0 radical (unpaired) electrons. The molecular weight excluding hydrogens is 560 g/mol. The monoisotopic (exact) mass is 663 g/mol. The van der Waals surface area contributed by atoms with Crippen LogP contribution in [-0.4, -0.2) is 16.7 Å². The van der Waals surface area contributed by atoms with E-state index in [-0.39, 0.29) is 155 Å². The number of pyridine rings is 1. The molecule has 44 heavy (non-hydrogen) atoms. The van der Waals surface area contributed by atoms with Crippen molar-refractivity contribution in [2.24, 2.45) is 5.92 Å². The molecule has 3 nitrogen and oxygen atoms in total. The Morgan fingerprint density at radius 3 is 1.64 bits per heavy atom. The van der Waals surface area contributed by atoms with Gasteiger partial charge in [0.25, 0.3) is 0 Å². The van der Waals surface area contributed by atoms with Crippen molar-refractivity contribution in [2.45, 2.75) is 193 Å². The van der Waals surface area contributed by atoms with Crippen LogP contribution in [0.2, 0.25) is 5.02 Å². The minimum Gasteiger partial charge on any atom is -0.398 e. The van der Waals surface area contributed by atoms with E-state index in [0.717, 1.165) is 54.4 Å². The van der Waals surface area contributed by atoms with Crippen LogP contribution in [0.4, 0.5) is 5.69 Å². The number of anilines is 1. The van der Waals surface area contributed by atoms with E-state index in [9.17, 15) is 0 Å². The van der Waals surface area contributed by atoms with Gasteiger partial charge in [0, 0.05) is 34.0 Å². The van der Waals surface area contributed by atoms with E-state index in [1.54, 1.807) is 0 Å². The highest BCUT2D eigenvalue weighted by atomic mass is 35.5. The van der Waals surface area contributed by atoms with Gasteiger partial charge in [-0.1, -0.05) is 172 Å². The summed E-state index contributed by atoms with van der Waals surface area (Å²) in [5.41, 5.74) is 12.3. The minimum atomic E-state index is 0. The van der Waals surface area contributed by atoms with Crippen molar-refractivity contribution < 1.29 is 5.11 Å². The molecule has 0 aliphatic heterocycles. The van der Waals surface area contributed by atoms with Crippen LogP contribution in [0, 0.1) is 5.92 Å². The fourth-order valence-corrected chi connectivity index (χ4v) is 4.60. The van der Waals surface area contributed by atoms with Gasteiger partial charge in [-0.05, 0) is 68.6 Å². The van der Waals surface area contributed by atoms with Crippen LogP contribution in [-0.2, 0) is 6.42 Å². The number of aliphatic hydroxyl groups is 1. The number of aromatic nitrogens is 1. The van der Waals surface area contributed by atoms with Crippen LogP contribution in [0.3, 0.4) is 0 Å². The van der Waals surface area contributed by atoms with Crippen LogP contribution >= 0.6 is 11.6 Å². The highest BCUT2D eigenvalue weighted by Gasteiger charge is 2.33. The number of allylic oxidation sites excluding steroid dienone is 2. The van der Waals surface area contributed by atoms with Crippen LogP contribution in [0.1, 0.15) is 198 Å². The number of fused-ring (bicyclic) bond motifs is 5. The predicted octanol–water partition coefficient (Wildman–Crippen LogP) is 17.3. The number of aliphatic hydroxyl groups excluding tert-OH is 1. The molecule has 2 atom stereocenters. The summed E-state index contributed by atoms with van der Waals surface area (Å²) in [4.78, 5) is 4.89. The fourth-order valence-electron chi connectivity index (χ4n) is 4.44. The molecule has 2 aliphatic carbocycles. The quantitative estimate of drug-likeness (QED) is 0.253. The zero-order valence-corrected chi connectivity index (χ0v) is 14.5. The average Bonchev–Trinajstić information content (AvgIpc) is 2.54. The van der Waals surface area contributed by atoms with E-state index in [0.29, 0.717) is 16.9 Å². The van der Waals surface area contributed by atoms with Gasteiger partial charge >= 0.3 is 0 Å². The first kappa shape index (κ1) is 113. The summed E-state index contributed by atoms with van der Waals surface area (Å²) >= 11 is 6.12. The summed E-state index contributed by atoms with van der Waals surface area (Å²) < 4.78 is 0. The molecule has 2 aliphatic rings. The standard InChI is InChI=1S/C20H23ClN2O.20CH4/c21-15-4-5-16-17(11-15)23-18-10-13-7-12(3-1-2-6-24)8-14(9-13)19(18)20(16)22;;;;;;;;;;;;;;;;;;;;/h4-5,7,11,13-14,24H,1-3,6,8-10H2,(H2,22,23);20*1H4. The van der Waals surface area contributed by atoms with E-state index in [1.807, 2.05) is 18.2 Å². The normalized spacial score (nSPS) is 12.2. The molecule has 0 amide bonds. The first-order chi connectivity index (χ1) is 11.7. The molecule has 0 spiro atoms. The van der Waals surface area contributed by atoms with Crippen molar-refractivity contribution >= 4 is 28.2 Å². The Hall–Kier alpha value is -1.58. The van der Waals surface area contributed by atoms with Gasteiger partial charge in [-0.25, -0.2) is 0 Å². The van der Waals surface area contributed by atoms with Gasteiger partial charge in [-0.15, -0.1) is 0 Å². The van der Waals surface area contributed by atoms with Crippen LogP contribution in [0.15, 0.2) is 29.8 Å². The van der Waals surface area contributed by atoms with E-state index in [2.05, 4.69) is 6.08 Å². The molecule has 4 heteroatoms. The van der Waals surface area contributed by atoms with Crippen molar-refractivity contribution in [3.05, 3.63) is 46.1 Å². The number of nitrogens with two attached hydrogens (primary N) is 1. The number of unbranched alkanes of at least 4 members (excludes halogenated alkanes) is 1. The third kappa shape index (κ3) is 22.9. The molecule has 0 saturated carbocycles. The van der Waals surface area contributed by atoms with E-state index < -0.39 is 0 Å². The molecule has 2 bridgehead atoms. The van der Waals surface area contributed by atoms with E-state index >= 15 is 0 Å². The lowest BCUT2D eigenvalue weighted by molar-refractivity contribution is 0.284. The molecule has 0 fully saturated rings. The molecule has 0 saturated heterocycles. The van der Waals surface area contributed by atoms with Gasteiger partial charge < -0.3 is 10.8 Å². The minimum absolute atomic E-state index is 0. The van der Waals surface area contributed by atoms with Gasteiger partial charge in [-0.3, -0.25) is 4.98 Å². The number of nitrogens with zero attached hydrogens (tertiary/aromatic N) is 1. The molecule has 4 rings (SSSR count). The Bertz CT molecular complexity index is 819. The summed E-state index contributed by atoms with van der Waals surface area (Å²) in [5.74, 6) is 1.06. The highest BCUT2D eigenvalue weighted by molar-refractivity contribution is 6.31. The summed E-state index contributed by atoms with van der Waals surface area (Å²) in [5, 5.41) is 10.7. The smallest absolute Gasteiger partial charge is 0.0741 e. The number of benzene rings is 1. The number of hydrogen-bond donors (Lipinski definition) is 2. The Kier molecular flexibility index (Phi) is 124. The van der Waals surface area contributed by atoms with Crippen LogP contribution < -0.4 is 5.73 Å². The molecule has 1 aromatic heterocycles. The number of nitrogen functional groups attached to an aromatic ring is 1. The molecule has 286 valence electrons. The van der Waals surface area contributed by atoms with Crippen LogP contribution in [0.25, 0.3) is 10.9 Å². The zero-order valence-electron chi connectivity index (χ0n) is 13.8. The lowest BCUT2D eigenvalue weighted by Gasteiger charge is -2.36. The third-order valence-electron chi connectivity index (χ3n) is 5.44. The Morgan fingerprint density at radius 2 is 1.18 bits per heavy atom. The first-order valence-corrected chi connectivity index (χ1v) is 9.21. The molecule has 1 aromatic carbocycles. The Labute approximate surface area is 294 Å². The van der Waals surface area contributed by atoms with Crippen molar-refractivity contribution in [3.8, 4) is 0 Å². The molecule has 2 aromatic rings. The topological polar surface area (TPSA) is 59.1 Å². The van der Waals surface area contributed by atoms with Crippen molar-refractivity contribution in [2.75, 3.05) is 12.3 Å². The maximum atomic E-state index is 8.99. The second-order valence-electron chi connectivity index (χ2n) is 7.15. The number of halogens is 1. The molecule has 2 unspecified atom stereocenters. The number of hydrogen-bond acceptors (Lipinski definition) is 3. The Balaban J connectivity index is -0.0000000243. The largest absolute Gasteiger partial charge is 0.398 e. The average molecular weight is 664 g/mol.